The van der Waals surface area contributed by atoms with Gasteiger partial charge in [0.05, 0.1) is 11.4 Å². The standard InChI is InChI=1S/C28H29NO6S.2Na.2H/c30-24(10-5-11-26(32)33)28(21-14-12-20(13-15-21)16-19-6-2-1-3-7-19)36-23-9-4-8-22(17-23)29-25(31)18-27(34)35;;;;/h1-4,6-9,12-15,17,24,28,30H,5,10-11,16,18H2,(H,29,31)(H,32,33)(H,34,35);;;;/q;2*+1;2*-1. The van der Waals surface area contributed by atoms with Gasteiger partial charge in [-0.1, -0.05) is 60.7 Å². The third-order valence-corrected chi connectivity index (χ3v) is 6.86. The van der Waals surface area contributed by atoms with Gasteiger partial charge in [-0.15, -0.1) is 11.8 Å². The third-order valence-electron chi connectivity index (χ3n) is 5.49. The zero-order valence-corrected chi connectivity index (χ0v) is 26.5. The van der Waals surface area contributed by atoms with E-state index in [1.54, 1.807) is 18.2 Å². The van der Waals surface area contributed by atoms with Crippen molar-refractivity contribution in [2.45, 2.75) is 48.4 Å². The number of aliphatic hydroxyl groups excluding tert-OH is 1. The van der Waals surface area contributed by atoms with Crippen LogP contribution >= 0.6 is 11.8 Å². The van der Waals surface area contributed by atoms with Gasteiger partial charge in [-0.2, -0.15) is 0 Å². The molecule has 3 aromatic carbocycles. The summed E-state index contributed by atoms with van der Waals surface area (Å²) in [6.07, 6.45) is 0.0284. The summed E-state index contributed by atoms with van der Waals surface area (Å²) in [5.41, 5.74) is 3.70. The van der Waals surface area contributed by atoms with Gasteiger partial charge in [-0.05, 0) is 54.2 Å². The molecular weight excluding hydrogens is 524 g/mol. The van der Waals surface area contributed by atoms with Crippen LogP contribution in [0.4, 0.5) is 5.69 Å². The quantitative estimate of drug-likeness (QED) is 0.126. The fourth-order valence-electron chi connectivity index (χ4n) is 3.78. The maximum absolute atomic E-state index is 11.8. The van der Waals surface area contributed by atoms with Gasteiger partial charge in [0.2, 0.25) is 5.91 Å². The van der Waals surface area contributed by atoms with Crippen LogP contribution in [-0.2, 0) is 20.8 Å². The average molecular weight is 556 g/mol. The zero-order chi connectivity index (χ0) is 25.9. The van der Waals surface area contributed by atoms with E-state index in [4.69, 9.17) is 10.2 Å². The molecule has 192 valence electrons. The topological polar surface area (TPSA) is 124 Å². The second-order valence-electron chi connectivity index (χ2n) is 8.44. The Morgan fingerprint density at radius 1 is 0.842 bits per heavy atom. The van der Waals surface area contributed by atoms with Gasteiger partial charge in [-0.3, -0.25) is 14.4 Å². The van der Waals surface area contributed by atoms with Crippen molar-refractivity contribution in [3.8, 4) is 0 Å². The Morgan fingerprint density at radius 2 is 1.50 bits per heavy atom. The summed E-state index contributed by atoms with van der Waals surface area (Å²) in [4.78, 5) is 34.3. The second kappa shape index (κ2) is 17.9. The molecule has 0 saturated heterocycles. The first kappa shape index (κ1) is 34.4. The van der Waals surface area contributed by atoms with Crippen molar-refractivity contribution >= 4 is 35.3 Å². The first-order valence-electron chi connectivity index (χ1n) is 11.6. The molecule has 3 rings (SSSR count). The van der Waals surface area contributed by atoms with Crippen molar-refractivity contribution in [3.63, 3.8) is 0 Å². The van der Waals surface area contributed by atoms with Crippen LogP contribution in [0.5, 0.6) is 0 Å². The van der Waals surface area contributed by atoms with E-state index in [9.17, 15) is 19.5 Å². The fraction of sp³-hybridized carbons (Fsp3) is 0.250. The Hall–Kier alpha value is -1.62. The van der Waals surface area contributed by atoms with E-state index in [1.165, 1.54) is 17.3 Å². The predicted molar refractivity (Wildman–Crippen MR) is 141 cm³/mol. The zero-order valence-electron chi connectivity index (χ0n) is 23.7. The van der Waals surface area contributed by atoms with E-state index in [1.807, 2.05) is 48.5 Å². The molecule has 0 saturated carbocycles. The van der Waals surface area contributed by atoms with E-state index >= 15 is 0 Å². The van der Waals surface area contributed by atoms with Crippen LogP contribution in [0.25, 0.3) is 0 Å². The largest absolute Gasteiger partial charge is 1.00 e. The normalized spacial score (nSPS) is 11.8. The molecule has 10 heteroatoms. The number of rotatable bonds is 13. The number of carboxylic acid groups (broad SMARTS) is 2. The Balaban J connectivity index is 0. The van der Waals surface area contributed by atoms with Crippen molar-refractivity contribution in [1.82, 2.24) is 0 Å². The molecule has 0 aliphatic rings. The van der Waals surface area contributed by atoms with Crippen molar-refractivity contribution in [2.24, 2.45) is 0 Å². The number of hydrogen-bond acceptors (Lipinski definition) is 5. The van der Waals surface area contributed by atoms with E-state index in [-0.39, 0.29) is 73.6 Å². The first-order chi connectivity index (χ1) is 17.3. The number of carbonyl (C=O) groups excluding carboxylic acids is 1. The minimum Gasteiger partial charge on any atom is -1.00 e. The fourth-order valence-corrected chi connectivity index (χ4v) is 5.01. The number of aliphatic hydroxyl groups is 1. The monoisotopic (exact) mass is 555 g/mol. The van der Waals surface area contributed by atoms with Crippen LogP contribution in [0.3, 0.4) is 0 Å². The Kier molecular flexibility index (Phi) is 16.2. The molecule has 4 N–H and O–H groups in total. The molecule has 3 aromatic rings. The van der Waals surface area contributed by atoms with Crippen LogP contribution in [0.2, 0.25) is 0 Å². The van der Waals surface area contributed by atoms with Crippen LogP contribution < -0.4 is 64.4 Å². The van der Waals surface area contributed by atoms with E-state index in [0.717, 1.165) is 22.4 Å². The summed E-state index contributed by atoms with van der Waals surface area (Å²) >= 11 is 1.41. The van der Waals surface area contributed by atoms with Gasteiger partial charge in [-0.25, -0.2) is 0 Å². The molecule has 38 heavy (non-hydrogen) atoms. The summed E-state index contributed by atoms with van der Waals surface area (Å²) < 4.78 is 0. The van der Waals surface area contributed by atoms with Crippen molar-refractivity contribution in [3.05, 3.63) is 95.6 Å². The van der Waals surface area contributed by atoms with Gasteiger partial charge in [0.25, 0.3) is 0 Å². The van der Waals surface area contributed by atoms with Crippen molar-refractivity contribution < 1.29 is 91.7 Å². The average Bonchev–Trinajstić information content (AvgIpc) is 2.83. The van der Waals surface area contributed by atoms with Gasteiger partial charge < -0.3 is 23.5 Å². The molecule has 0 spiro atoms. The number of carbonyl (C=O) groups is 3. The number of benzene rings is 3. The Morgan fingerprint density at radius 3 is 2.13 bits per heavy atom. The van der Waals surface area contributed by atoms with Crippen LogP contribution in [0, 0.1) is 0 Å². The molecule has 0 aliphatic heterocycles. The van der Waals surface area contributed by atoms with Crippen molar-refractivity contribution in [1.29, 1.82) is 0 Å². The Labute approximate surface area is 274 Å². The Bertz CT molecular complexity index is 1190. The molecule has 7 nitrogen and oxygen atoms in total. The third kappa shape index (κ3) is 12.1. The summed E-state index contributed by atoms with van der Waals surface area (Å²) in [7, 11) is 0. The van der Waals surface area contributed by atoms with Gasteiger partial charge in [0, 0.05) is 17.0 Å². The van der Waals surface area contributed by atoms with Crippen LogP contribution in [0.15, 0.2) is 83.8 Å². The molecule has 0 fully saturated rings. The molecule has 2 atom stereocenters. The summed E-state index contributed by atoms with van der Waals surface area (Å²) in [6, 6.07) is 25.1. The second-order valence-corrected chi connectivity index (χ2v) is 9.66. The molecular formula is C28H31NNa2O6S. The maximum atomic E-state index is 11.8. The van der Waals surface area contributed by atoms with E-state index in [0.29, 0.717) is 18.5 Å². The molecule has 0 radical (unpaired) electrons. The molecule has 0 aromatic heterocycles. The minimum atomic E-state index is -1.21. The van der Waals surface area contributed by atoms with Gasteiger partial charge >= 0.3 is 71.1 Å². The molecule has 0 heterocycles. The molecule has 1 amide bonds. The molecule has 0 aliphatic carbocycles. The summed E-state index contributed by atoms with van der Waals surface area (Å²) in [5, 5.41) is 31.0. The number of thioether (sulfide) groups is 1. The SMILES string of the molecule is O=C(O)CCCC(O)C(Sc1cccc(NC(=O)CC(=O)O)c1)c1ccc(Cc2ccccc2)cc1.[H-].[H-].[Na+].[Na+]. The van der Waals surface area contributed by atoms with E-state index < -0.39 is 30.4 Å². The van der Waals surface area contributed by atoms with Crippen molar-refractivity contribution in [2.75, 3.05) is 5.32 Å². The molecule has 0 bridgehead atoms. The van der Waals surface area contributed by atoms with Gasteiger partial charge in [0.1, 0.15) is 6.42 Å². The minimum absolute atomic E-state index is 0. The smallest absolute Gasteiger partial charge is 1.00 e. The van der Waals surface area contributed by atoms with Crippen LogP contribution in [0.1, 0.15) is 50.5 Å². The van der Waals surface area contributed by atoms with E-state index in [2.05, 4.69) is 17.4 Å². The summed E-state index contributed by atoms with van der Waals surface area (Å²) in [5.74, 6) is -2.73. The number of nitrogens with one attached hydrogen (secondary N) is 1. The summed E-state index contributed by atoms with van der Waals surface area (Å²) in [6.45, 7) is 0. The number of hydrogen-bond donors (Lipinski definition) is 4. The number of aliphatic carboxylic acids is 2. The first-order valence-corrected chi connectivity index (χ1v) is 12.5. The van der Waals surface area contributed by atoms with Crippen LogP contribution in [-0.4, -0.2) is 39.3 Å². The predicted octanol–water partition coefficient (Wildman–Crippen LogP) is -0.627. The number of amides is 1. The molecule has 2 unspecified atom stereocenters. The maximum Gasteiger partial charge on any atom is 1.00 e. The number of anilines is 1. The number of carboxylic acids is 2. The van der Waals surface area contributed by atoms with Gasteiger partial charge in [0.15, 0.2) is 0 Å².